The molecule has 0 radical (unpaired) electrons. The monoisotopic (exact) mass is 430 g/mol. The number of benzene rings is 1. The van der Waals surface area contributed by atoms with Crippen molar-refractivity contribution >= 4 is 21.8 Å². The summed E-state index contributed by atoms with van der Waals surface area (Å²) in [7, 11) is -3.55. The quantitative estimate of drug-likeness (QED) is 0.688. The van der Waals surface area contributed by atoms with E-state index in [0.717, 1.165) is 5.69 Å². The minimum absolute atomic E-state index is 0.229. The lowest BCUT2D eigenvalue weighted by Crippen LogP contribution is -2.49. The van der Waals surface area contributed by atoms with Gasteiger partial charge in [-0.15, -0.1) is 0 Å². The van der Waals surface area contributed by atoms with E-state index in [-0.39, 0.29) is 42.3 Å². The van der Waals surface area contributed by atoms with Crippen LogP contribution in [0.15, 0.2) is 59.6 Å². The van der Waals surface area contributed by atoms with E-state index in [4.69, 9.17) is 0 Å². The molecule has 1 aliphatic heterocycles. The molecule has 0 saturated carbocycles. The Bertz CT molecular complexity index is 959. The highest BCUT2D eigenvalue weighted by atomic mass is 32.2. The maximum absolute atomic E-state index is 12.7. The number of hydrogen-bond acceptors (Lipinski definition) is 5. The van der Waals surface area contributed by atoms with Gasteiger partial charge in [0.2, 0.25) is 21.8 Å². The number of carbonyl (C=O) groups excluding carboxylic acids is 2. The minimum atomic E-state index is -3.55. The second-order valence-electron chi connectivity index (χ2n) is 7.26. The molecule has 1 aromatic carbocycles. The molecule has 3 rings (SSSR count). The zero-order chi connectivity index (χ0) is 21.6. The molecule has 1 atom stereocenters. The Hall–Kier alpha value is -2.78. The first kappa shape index (κ1) is 21.9. The fourth-order valence-electron chi connectivity index (χ4n) is 3.33. The van der Waals surface area contributed by atoms with Gasteiger partial charge in [-0.2, -0.15) is 4.31 Å². The molecule has 30 heavy (non-hydrogen) atoms. The number of hydrogen-bond donors (Lipinski definition) is 2. The average Bonchev–Trinajstić information content (AvgIpc) is 2.78. The predicted octanol–water partition coefficient (Wildman–Crippen LogP) is 1.30. The summed E-state index contributed by atoms with van der Waals surface area (Å²) in [5.41, 5.74) is 0.733. The predicted molar refractivity (Wildman–Crippen MR) is 112 cm³/mol. The summed E-state index contributed by atoms with van der Waals surface area (Å²) in [4.78, 5) is 29.2. The molecule has 1 saturated heterocycles. The SMILES string of the molecule is C[C@H](NC(=O)C1CCN(S(=O)(=O)c2ccccc2)CC1)C(=O)NCc1ccccn1. The van der Waals surface area contributed by atoms with Gasteiger partial charge < -0.3 is 10.6 Å². The molecular weight excluding hydrogens is 404 g/mol. The molecule has 8 nitrogen and oxygen atoms in total. The van der Waals surface area contributed by atoms with Crippen molar-refractivity contribution in [2.45, 2.75) is 37.2 Å². The number of rotatable bonds is 7. The highest BCUT2D eigenvalue weighted by Crippen LogP contribution is 2.23. The van der Waals surface area contributed by atoms with Crippen molar-refractivity contribution in [2.24, 2.45) is 5.92 Å². The van der Waals surface area contributed by atoms with Crippen LogP contribution in [-0.4, -0.2) is 48.7 Å². The zero-order valence-corrected chi connectivity index (χ0v) is 17.6. The van der Waals surface area contributed by atoms with E-state index in [1.54, 1.807) is 55.6 Å². The maximum Gasteiger partial charge on any atom is 0.243 e. The molecule has 2 N–H and O–H groups in total. The largest absolute Gasteiger partial charge is 0.349 e. The smallest absolute Gasteiger partial charge is 0.243 e. The van der Waals surface area contributed by atoms with Crippen molar-refractivity contribution in [2.75, 3.05) is 13.1 Å². The van der Waals surface area contributed by atoms with Crippen molar-refractivity contribution in [3.8, 4) is 0 Å². The molecule has 1 fully saturated rings. The van der Waals surface area contributed by atoms with E-state index < -0.39 is 16.1 Å². The average molecular weight is 431 g/mol. The molecule has 0 aliphatic carbocycles. The number of sulfonamides is 1. The fraction of sp³-hybridized carbons (Fsp3) is 0.381. The number of nitrogens with one attached hydrogen (secondary N) is 2. The molecule has 1 aliphatic rings. The Kier molecular flexibility index (Phi) is 7.17. The first-order valence-electron chi connectivity index (χ1n) is 9.91. The number of carbonyl (C=O) groups is 2. The van der Waals surface area contributed by atoms with E-state index in [1.165, 1.54) is 4.31 Å². The lowest BCUT2D eigenvalue weighted by Gasteiger charge is -2.31. The van der Waals surface area contributed by atoms with Crippen molar-refractivity contribution < 1.29 is 18.0 Å². The third kappa shape index (κ3) is 5.43. The molecule has 9 heteroatoms. The van der Waals surface area contributed by atoms with Crippen LogP contribution in [0.25, 0.3) is 0 Å². The number of aromatic nitrogens is 1. The normalized spacial score (nSPS) is 16.6. The molecule has 160 valence electrons. The Balaban J connectivity index is 1.47. The standard InChI is InChI=1S/C21H26N4O4S/c1-16(20(26)23-15-18-7-5-6-12-22-18)24-21(27)17-10-13-25(14-11-17)30(28,29)19-8-3-2-4-9-19/h2-9,12,16-17H,10-11,13-15H2,1H3,(H,23,26)(H,24,27)/t16-/m0/s1. The van der Waals surface area contributed by atoms with Gasteiger partial charge in [-0.25, -0.2) is 8.42 Å². The summed E-state index contributed by atoms with van der Waals surface area (Å²) in [5.74, 6) is -0.844. The van der Waals surface area contributed by atoms with Crippen molar-refractivity contribution in [1.29, 1.82) is 0 Å². The van der Waals surface area contributed by atoms with E-state index in [1.807, 2.05) is 6.07 Å². The Morgan fingerprint density at radius 2 is 1.77 bits per heavy atom. The van der Waals surface area contributed by atoms with Crippen LogP contribution in [0.2, 0.25) is 0 Å². The summed E-state index contributed by atoms with van der Waals surface area (Å²) >= 11 is 0. The van der Waals surface area contributed by atoms with Gasteiger partial charge in [0, 0.05) is 25.2 Å². The molecule has 0 bridgehead atoms. The van der Waals surface area contributed by atoms with Crippen LogP contribution in [0.5, 0.6) is 0 Å². The van der Waals surface area contributed by atoms with E-state index >= 15 is 0 Å². The second kappa shape index (κ2) is 9.82. The molecule has 0 unspecified atom stereocenters. The topological polar surface area (TPSA) is 108 Å². The van der Waals surface area contributed by atoms with Gasteiger partial charge in [-0.05, 0) is 44.0 Å². The lowest BCUT2D eigenvalue weighted by molar-refractivity contribution is -0.131. The zero-order valence-electron chi connectivity index (χ0n) is 16.8. The first-order chi connectivity index (χ1) is 14.4. The van der Waals surface area contributed by atoms with Crippen LogP contribution in [0, 0.1) is 5.92 Å². The second-order valence-corrected chi connectivity index (χ2v) is 9.20. The van der Waals surface area contributed by atoms with E-state index in [2.05, 4.69) is 15.6 Å². The van der Waals surface area contributed by atoms with Crippen LogP contribution < -0.4 is 10.6 Å². The Labute approximate surface area is 176 Å². The third-order valence-corrected chi connectivity index (χ3v) is 7.04. The van der Waals surface area contributed by atoms with Gasteiger partial charge in [0.1, 0.15) is 6.04 Å². The summed E-state index contributed by atoms with van der Waals surface area (Å²) in [6, 6.07) is 13.0. The van der Waals surface area contributed by atoms with Crippen LogP contribution in [0.3, 0.4) is 0 Å². The third-order valence-electron chi connectivity index (χ3n) is 5.13. The summed E-state index contributed by atoms with van der Waals surface area (Å²) in [6.07, 6.45) is 2.48. The number of piperidine rings is 1. The molecular formula is C21H26N4O4S. The van der Waals surface area contributed by atoms with Crippen molar-refractivity contribution in [3.63, 3.8) is 0 Å². The van der Waals surface area contributed by atoms with Gasteiger partial charge in [0.25, 0.3) is 0 Å². The van der Waals surface area contributed by atoms with Crippen LogP contribution in [-0.2, 0) is 26.2 Å². The van der Waals surface area contributed by atoms with Gasteiger partial charge in [-0.1, -0.05) is 24.3 Å². The van der Waals surface area contributed by atoms with E-state index in [9.17, 15) is 18.0 Å². The summed E-state index contributed by atoms with van der Waals surface area (Å²) in [6.45, 7) is 2.46. The number of amides is 2. The van der Waals surface area contributed by atoms with Gasteiger partial charge >= 0.3 is 0 Å². The Morgan fingerprint density at radius 3 is 2.40 bits per heavy atom. The fourth-order valence-corrected chi connectivity index (χ4v) is 4.82. The molecule has 2 amide bonds. The molecule has 2 heterocycles. The van der Waals surface area contributed by atoms with Crippen molar-refractivity contribution in [3.05, 3.63) is 60.4 Å². The summed E-state index contributed by atoms with van der Waals surface area (Å²) < 4.78 is 26.8. The van der Waals surface area contributed by atoms with Crippen LogP contribution in [0.1, 0.15) is 25.5 Å². The lowest BCUT2D eigenvalue weighted by atomic mass is 9.97. The number of pyridine rings is 1. The van der Waals surface area contributed by atoms with Crippen LogP contribution in [0.4, 0.5) is 0 Å². The van der Waals surface area contributed by atoms with Gasteiger partial charge in [-0.3, -0.25) is 14.6 Å². The molecule has 0 spiro atoms. The molecule has 2 aromatic rings. The molecule has 1 aromatic heterocycles. The van der Waals surface area contributed by atoms with E-state index in [0.29, 0.717) is 12.8 Å². The minimum Gasteiger partial charge on any atom is -0.349 e. The Morgan fingerprint density at radius 1 is 1.10 bits per heavy atom. The highest BCUT2D eigenvalue weighted by Gasteiger charge is 2.32. The van der Waals surface area contributed by atoms with Crippen molar-refractivity contribution in [1.82, 2.24) is 19.9 Å². The number of nitrogens with zero attached hydrogens (tertiary/aromatic N) is 2. The highest BCUT2D eigenvalue weighted by molar-refractivity contribution is 7.89. The van der Waals surface area contributed by atoms with Gasteiger partial charge in [0.15, 0.2) is 0 Å². The first-order valence-corrected chi connectivity index (χ1v) is 11.3. The summed E-state index contributed by atoms with van der Waals surface area (Å²) in [5, 5.41) is 5.48. The maximum atomic E-state index is 12.7. The van der Waals surface area contributed by atoms with Crippen LogP contribution >= 0.6 is 0 Å². The van der Waals surface area contributed by atoms with Gasteiger partial charge in [0.05, 0.1) is 17.1 Å².